The molecule has 5 aromatic carbocycles. The molecule has 7 heterocycles. The number of aliphatic carboxylic acids is 1. The number of carbonyl (C=O) groups is 4. The smallest absolute Gasteiger partial charge is 0.345 e. The van der Waals surface area contributed by atoms with E-state index in [2.05, 4.69) is 53.2 Å². The third-order valence-electron chi connectivity index (χ3n) is 21.1. The van der Waals surface area contributed by atoms with Crippen molar-refractivity contribution in [1.29, 1.82) is 0 Å². The Labute approximate surface area is 686 Å². The van der Waals surface area contributed by atoms with Gasteiger partial charge in [-0.25, -0.2) is 38.6 Å². The maximum Gasteiger partial charge on any atom is 0.345 e. The predicted octanol–water partition coefficient (Wildman–Crippen LogP) is 4.55. The van der Waals surface area contributed by atoms with Gasteiger partial charge in [0.25, 0.3) is 0 Å². The highest BCUT2D eigenvalue weighted by atomic mass is 35.5. The molecule has 15 N–H and O–H groups in total. The number of methoxy groups -OCH3 is 1. The highest BCUT2D eigenvalue weighted by Gasteiger charge is 2.51. The molecule has 4 amide bonds. The van der Waals surface area contributed by atoms with Crippen molar-refractivity contribution in [3.63, 3.8) is 0 Å². The summed E-state index contributed by atoms with van der Waals surface area (Å²) in [5.41, 5.74) is 18.0. The number of carboxylic acid groups (broad SMARTS) is 1. The number of aliphatic hydroxyl groups excluding tert-OH is 7. The van der Waals surface area contributed by atoms with Crippen LogP contribution in [0.2, 0.25) is 5.02 Å². The van der Waals surface area contributed by atoms with Gasteiger partial charge < -0.3 is 111 Å². The summed E-state index contributed by atoms with van der Waals surface area (Å²) in [6, 6.07) is 28.5. The molecule has 13 atom stereocenters. The number of fused-ring (bicyclic) bond motifs is 1. The van der Waals surface area contributed by atoms with Gasteiger partial charge in [-0.15, -0.1) is 16.4 Å². The number of hydrogen-bond acceptors (Lipinski definition) is 28. The number of nitrogens with two attached hydrogens (primary N) is 2. The number of ether oxygens (including phenoxy) is 8. The summed E-state index contributed by atoms with van der Waals surface area (Å²) in [6.45, 7) is 7.94. The number of nitrogens with one attached hydrogen (secondary N) is 3. The quantitative estimate of drug-likeness (QED) is 0.0189. The first-order valence-electron chi connectivity index (χ1n) is 38.4. The first-order valence-corrected chi connectivity index (χ1v) is 39.6. The number of likely N-dealkylation sites (N-methyl/N-ethyl adjacent to an activating group) is 1. The summed E-state index contributed by atoms with van der Waals surface area (Å²) in [6.07, 6.45) is -13.3. The minimum absolute atomic E-state index is 0.00670. The summed E-state index contributed by atoms with van der Waals surface area (Å²) in [4.78, 5) is 74.1. The van der Waals surface area contributed by atoms with Gasteiger partial charge in [-0.2, -0.15) is 0 Å². The molecule has 630 valence electrons. The minimum atomic E-state index is -1.86. The van der Waals surface area contributed by atoms with Crippen molar-refractivity contribution in [3.8, 4) is 56.1 Å². The van der Waals surface area contributed by atoms with E-state index in [4.69, 9.17) is 65.9 Å². The number of halogens is 2. The van der Waals surface area contributed by atoms with Crippen molar-refractivity contribution in [2.24, 2.45) is 17.4 Å². The Bertz CT molecular complexity index is 4950. The number of para-hydroxylation sites is 2. The number of benzene rings is 5. The molecule has 0 bridgehead atoms. The number of quaternary nitrogens is 1. The average Bonchev–Trinajstić information content (AvgIpc) is 1.59. The van der Waals surface area contributed by atoms with Gasteiger partial charge in [-0.05, 0) is 108 Å². The Hall–Kier alpha value is -10.1. The molecule has 118 heavy (non-hydrogen) atoms. The molecule has 0 spiro atoms. The second-order valence-electron chi connectivity index (χ2n) is 29.7. The fourth-order valence-corrected chi connectivity index (χ4v) is 15.6. The first-order chi connectivity index (χ1) is 56.7. The Morgan fingerprint density at radius 1 is 0.788 bits per heavy atom. The number of anilines is 1. The van der Waals surface area contributed by atoms with Crippen LogP contribution in [-0.2, 0) is 66.1 Å². The maximum atomic E-state index is 14.6. The van der Waals surface area contributed by atoms with E-state index in [0.717, 1.165) is 10.2 Å². The van der Waals surface area contributed by atoms with Crippen LogP contribution in [0.25, 0.3) is 43.2 Å². The molecule has 12 rings (SSSR count). The maximum absolute atomic E-state index is 14.6. The number of carbonyl (C=O) groups excluding carboxylic acids is 3. The third kappa shape index (κ3) is 20.9. The van der Waals surface area contributed by atoms with Crippen LogP contribution in [0.5, 0.6) is 23.1 Å². The van der Waals surface area contributed by atoms with Crippen molar-refractivity contribution in [2.75, 3.05) is 78.6 Å². The SMILES string of the molecule is COc1ccccc1-c1nccc(COc2ccccc2C[C@@H](Oc2ncnc3sc(-c4ccc(F)cc4)c(-c4ccc(OCCN5CC[N+](C)(Cc6ccc(NC(=O)C(CCCNC(N)=O)NC(=O)C(N)C(C)C)cc6COCc6cn([C@@H]7O[C@H](CO)[C@@H](O[C@@H]8O[C@H](CO)[C@H](O)[C@H](O)[C@H]8O)[C@H](O)[C@H]7O)nn6)CC5)c(Cl)c4C)c23)C(=O)O)n1. The molecule has 2 unspecified atom stereocenters. The van der Waals surface area contributed by atoms with Gasteiger partial charge in [0.05, 0.1) is 87.6 Å². The summed E-state index contributed by atoms with van der Waals surface area (Å²) in [5.74, 6) is -1.16. The molecular formula is C81H97ClFN14O20S+. The fraction of sp³-hybridized carbons (Fsp3) is 0.432. The van der Waals surface area contributed by atoms with Gasteiger partial charge in [-0.1, -0.05) is 85.3 Å². The standard InChI is InChI=1S/C81H96ClFN14O20S/c1-43(2)65(84)75(106)92-55(13-10-25-87-81(85)109)74(105)91-50-21-18-47(48(33-50)39-111-40-52-35-96(94-93-52)78-69(103)68(102)71(61(38-99)115-78)117-80-70(104)67(101)66(100)60(37-98)116-80)36-97(4)30-27-95(28-31-97)29-32-112-58-23-22-53(44(3)64(58)82)62-63-76(88-42-89-77(63)118-72(62)45-16-19-49(83)20-17-45)114-59(79(107)108)34-46-11-6-8-14-56(46)113-41-51-24-26-86-73(90-51)54-12-7-9-15-57(54)110-5/h6-9,11-12,14-24,26,33,35,42-43,55,59-61,65-71,78,80,98-104H,10,13,25,27-32,34,36-41,84H2,1-5H3,(H5-,85,87,91,92,105,106,107,108,109)/p+1/t55?,59-,60-,61-,65?,66+,67+,68-,69-,70-,71-,78-,80+/m1/s1. The summed E-state index contributed by atoms with van der Waals surface area (Å²) < 4.78 is 64.6. The largest absolute Gasteiger partial charge is 0.496 e. The van der Waals surface area contributed by atoms with Gasteiger partial charge in [0.15, 0.2) is 18.3 Å². The van der Waals surface area contributed by atoms with Gasteiger partial charge >= 0.3 is 12.0 Å². The van der Waals surface area contributed by atoms with Crippen LogP contribution >= 0.6 is 22.9 Å². The number of primary amides is 1. The first kappa shape index (κ1) is 87.2. The molecule has 0 radical (unpaired) electrons. The molecular weight excluding hydrogens is 1580 g/mol. The number of rotatable bonds is 36. The molecule has 3 fully saturated rings. The molecule has 4 aromatic heterocycles. The molecule has 3 aliphatic rings. The van der Waals surface area contributed by atoms with E-state index in [0.29, 0.717) is 137 Å². The van der Waals surface area contributed by atoms with Crippen LogP contribution in [0.1, 0.15) is 66.6 Å². The predicted molar refractivity (Wildman–Crippen MR) is 427 cm³/mol. The molecule has 3 saturated heterocycles. The lowest BCUT2D eigenvalue weighted by Gasteiger charge is -2.45. The monoisotopic (exact) mass is 1670 g/mol. The zero-order valence-corrected chi connectivity index (χ0v) is 66.9. The average molecular weight is 1670 g/mol. The second kappa shape index (κ2) is 39.6. The lowest BCUT2D eigenvalue weighted by atomic mass is 9.96. The van der Waals surface area contributed by atoms with Crippen molar-refractivity contribution in [2.45, 2.75) is 146 Å². The van der Waals surface area contributed by atoms with E-state index < -0.39 is 122 Å². The Morgan fingerprint density at radius 2 is 1.53 bits per heavy atom. The molecule has 0 saturated carbocycles. The van der Waals surface area contributed by atoms with E-state index in [1.807, 2.05) is 43.3 Å². The number of urea groups is 1. The minimum Gasteiger partial charge on any atom is -0.496 e. The van der Waals surface area contributed by atoms with Crippen LogP contribution in [0.3, 0.4) is 0 Å². The van der Waals surface area contributed by atoms with E-state index in [1.165, 1.54) is 36.0 Å². The molecule has 34 nitrogen and oxygen atoms in total. The van der Waals surface area contributed by atoms with Gasteiger partial charge in [0.2, 0.25) is 23.8 Å². The summed E-state index contributed by atoms with van der Waals surface area (Å²) in [7, 11) is 3.72. The van der Waals surface area contributed by atoms with Gasteiger partial charge in [0, 0.05) is 60.5 Å². The summed E-state index contributed by atoms with van der Waals surface area (Å²) in [5, 5.41) is 102. The van der Waals surface area contributed by atoms with E-state index in [1.54, 1.807) is 87.8 Å². The number of hydrogen-bond donors (Lipinski definition) is 13. The number of aliphatic hydroxyl groups is 7. The Balaban J connectivity index is 0.718. The lowest BCUT2D eigenvalue weighted by molar-refractivity contribution is -0.926. The van der Waals surface area contributed by atoms with Crippen LogP contribution in [0.4, 0.5) is 14.9 Å². The number of thiophene rings is 1. The zero-order chi connectivity index (χ0) is 84.1. The molecule has 9 aromatic rings. The van der Waals surface area contributed by atoms with E-state index in [-0.39, 0.29) is 69.7 Å². The normalized spacial score (nSPS) is 21.5. The second-order valence-corrected chi connectivity index (χ2v) is 31.1. The van der Waals surface area contributed by atoms with Crippen molar-refractivity contribution >= 4 is 62.7 Å². The summed E-state index contributed by atoms with van der Waals surface area (Å²) >= 11 is 8.61. The van der Waals surface area contributed by atoms with Crippen LogP contribution in [0.15, 0.2) is 128 Å². The van der Waals surface area contributed by atoms with E-state index >= 15 is 0 Å². The molecule has 3 aliphatic heterocycles. The van der Waals surface area contributed by atoms with Crippen LogP contribution in [-0.4, -0.2) is 256 Å². The van der Waals surface area contributed by atoms with Gasteiger partial charge in [-0.3, -0.25) is 14.5 Å². The van der Waals surface area contributed by atoms with Crippen molar-refractivity contribution in [3.05, 3.63) is 172 Å². The Kier molecular flexibility index (Phi) is 29.3. The topological polar surface area (TPSA) is 478 Å². The zero-order valence-electron chi connectivity index (χ0n) is 65.3. The lowest BCUT2D eigenvalue weighted by Crippen LogP contribution is -2.63. The number of piperazine rings is 1. The molecule has 0 aliphatic carbocycles. The third-order valence-corrected chi connectivity index (χ3v) is 22.7. The fourth-order valence-electron chi connectivity index (χ4n) is 14.2. The Morgan fingerprint density at radius 3 is 2.26 bits per heavy atom. The number of aromatic nitrogens is 7. The highest BCUT2D eigenvalue weighted by Crippen LogP contribution is 2.50. The number of carboxylic acids is 1. The highest BCUT2D eigenvalue weighted by molar-refractivity contribution is 7.22. The van der Waals surface area contributed by atoms with Crippen LogP contribution in [0, 0.1) is 18.7 Å². The number of amides is 4. The van der Waals surface area contributed by atoms with Crippen molar-refractivity contribution in [1.82, 2.24) is 50.5 Å². The van der Waals surface area contributed by atoms with Gasteiger partial charge in [0.1, 0.15) is 115 Å². The number of nitrogens with zero attached hydrogens (tertiary/aromatic N) is 9. The molecule has 37 heteroatoms. The van der Waals surface area contributed by atoms with Crippen molar-refractivity contribution < 1.29 is 107 Å². The van der Waals surface area contributed by atoms with E-state index in [9.17, 15) is 64.4 Å². The van der Waals surface area contributed by atoms with Crippen LogP contribution < -0.4 is 46.4 Å².